The van der Waals surface area contributed by atoms with E-state index < -0.39 is 0 Å². The minimum Gasteiger partial charge on any atom is -0.317 e. The summed E-state index contributed by atoms with van der Waals surface area (Å²) in [4.78, 5) is 0. The summed E-state index contributed by atoms with van der Waals surface area (Å²) >= 11 is 1.82. The predicted octanol–water partition coefficient (Wildman–Crippen LogP) is 1.88. The van der Waals surface area contributed by atoms with Crippen molar-refractivity contribution in [3.05, 3.63) is 0 Å². The molecular weight excluding hydrogens is 246 g/mol. The van der Waals surface area contributed by atoms with Gasteiger partial charge in [0.05, 0.1) is 6.04 Å². The minimum atomic E-state index is 0.582. The molecule has 2 fully saturated rings. The van der Waals surface area contributed by atoms with Crippen molar-refractivity contribution < 1.29 is 0 Å². The molecule has 2 saturated carbocycles. The monoisotopic (exact) mass is 267 g/mol. The zero-order chi connectivity index (χ0) is 12.4. The van der Waals surface area contributed by atoms with E-state index in [4.69, 9.17) is 0 Å². The van der Waals surface area contributed by atoms with Gasteiger partial charge in [-0.2, -0.15) is 0 Å². The van der Waals surface area contributed by atoms with E-state index >= 15 is 0 Å². The largest absolute Gasteiger partial charge is 0.317 e. The molecule has 0 radical (unpaired) electrons. The molecule has 1 aromatic heterocycles. The van der Waals surface area contributed by atoms with Crippen LogP contribution in [-0.4, -0.2) is 39.0 Å². The topological polar surface area (TPSA) is 55.6 Å². The fraction of sp³-hybridized carbons (Fsp3) is 0.917. The fourth-order valence-corrected chi connectivity index (χ4v) is 3.91. The van der Waals surface area contributed by atoms with Crippen LogP contribution in [0.4, 0.5) is 0 Å². The van der Waals surface area contributed by atoms with Crippen LogP contribution in [0.1, 0.15) is 44.6 Å². The van der Waals surface area contributed by atoms with Gasteiger partial charge in [0.25, 0.3) is 0 Å². The number of nitrogens with zero attached hydrogens (tertiary/aromatic N) is 4. The van der Waals surface area contributed by atoms with E-state index in [0.29, 0.717) is 6.04 Å². The van der Waals surface area contributed by atoms with E-state index in [1.807, 2.05) is 16.4 Å². The summed E-state index contributed by atoms with van der Waals surface area (Å²) < 4.78 is 2.01. The Balaban J connectivity index is 1.47. The van der Waals surface area contributed by atoms with Gasteiger partial charge in [0, 0.05) is 11.8 Å². The molecule has 6 heteroatoms. The molecular formula is C12H21N5S. The first-order chi connectivity index (χ1) is 8.88. The number of aromatic nitrogens is 4. The van der Waals surface area contributed by atoms with E-state index in [1.54, 1.807) is 0 Å². The lowest BCUT2D eigenvalue weighted by Gasteiger charge is -2.18. The van der Waals surface area contributed by atoms with Crippen molar-refractivity contribution in [2.24, 2.45) is 5.92 Å². The van der Waals surface area contributed by atoms with E-state index in [2.05, 4.69) is 27.9 Å². The highest BCUT2D eigenvalue weighted by molar-refractivity contribution is 7.99. The van der Waals surface area contributed by atoms with E-state index in [1.165, 1.54) is 38.5 Å². The van der Waals surface area contributed by atoms with Crippen LogP contribution in [-0.2, 0) is 0 Å². The lowest BCUT2D eigenvalue weighted by molar-refractivity contribution is 0.417. The number of thioether (sulfide) groups is 1. The standard InChI is InChI=1S/C12H21N5S/c1-13-11-4-2-3-9(11)7-8-18-12-14-15-16-17(12)10-5-6-10/h9-11,13H,2-8H2,1H3. The van der Waals surface area contributed by atoms with Gasteiger partial charge in [0.1, 0.15) is 0 Å². The Hall–Kier alpha value is -0.620. The van der Waals surface area contributed by atoms with Gasteiger partial charge in [-0.3, -0.25) is 0 Å². The molecule has 5 nitrogen and oxygen atoms in total. The quantitative estimate of drug-likeness (QED) is 0.798. The predicted molar refractivity (Wildman–Crippen MR) is 71.6 cm³/mol. The molecule has 1 N–H and O–H groups in total. The van der Waals surface area contributed by atoms with Crippen LogP contribution in [0.3, 0.4) is 0 Å². The summed E-state index contributed by atoms with van der Waals surface area (Å²) in [5, 5.41) is 16.5. The first-order valence-electron chi connectivity index (χ1n) is 6.96. The molecule has 3 rings (SSSR count). The zero-order valence-corrected chi connectivity index (χ0v) is 11.7. The maximum Gasteiger partial charge on any atom is 0.209 e. The molecule has 2 atom stereocenters. The summed E-state index contributed by atoms with van der Waals surface area (Å²) in [5.74, 6) is 1.98. The first kappa shape index (κ1) is 12.4. The normalized spacial score (nSPS) is 27.8. The molecule has 0 aliphatic heterocycles. The summed E-state index contributed by atoms with van der Waals surface area (Å²) in [6.45, 7) is 0. The summed E-state index contributed by atoms with van der Waals surface area (Å²) in [5.41, 5.74) is 0. The van der Waals surface area contributed by atoms with Gasteiger partial charge >= 0.3 is 0 Å². The second-order valence-electron chi connectivity index (χ2n) is 5.36. The molecule has 0 amide bonds. The number of tetrazole rings is 1. The summed E-state index contributed by atoms with van der Waals surface area (Å²) in [7, 11) is 2.09. The Kier molecular flexibility index (Phi) is 3.84. The van der Waals surface area contributed by atoms with Crippen LogP contribution in [0.5, 0.6) is 0 Å². The van der Waals surface area contributed by atoms with Gasteiger partial charge in [-0.25, -0.2) is 4.68 Å². The van der Waals surface area contributed by atoms with Gasteiger partial charge in [-0.15, -0.1) is 5.10 Å². The van der Waals surface area contributed by atoms with Gasteiger partial charge in [-0.05, 0) is 55.5 Å². The molecule has 1 aromatic rings. The smallest absolute Gasteiger partial charge is 0.209 e. The van der Waals surface area contributed by atoms with Crippen molar-refractivity contribution in [2.45, 2.75) is 55.8 Å². The van der Waals surface area contributed by atoms with Gasteiger partial charge in [0.2, 0.25) is 5.16 Å². The highest BCUT2D eigenvalue weighted by atomic mass is 32.2. The molecule has 2 aliphatic carbocycles. The second-order valence-corrected chi connectivity index (χ2v) is 6.42. The third kappa shape index (κ3) is 2.69. The molecule has 100 valence electrons. The van der Waals surface area contributed by atoms with Crippen LogP contribution < -0.4 is 5.32 Å². The Bertz CT molecular complexity index is 390. The summed E-state index contributed by atoms with van der Waals surface area (Å²) in [6.07, 6.45) is 7.84. The third-order valence-electron chi connectivity index (χ3n) is 4.11. The lowest BCUT2D eigenvalue weighted by Crippen LogP contribution is -2.29. The number of hydrogen-bond acceptors (Lipinski definition) is 5. The maximum absolute atomic E-state index is 4.13. The highest BCUT2D eigenvalue weighted by Crippen LogP contribution is 2.37. The molecule has 0 aromatic carbocycles. The molecule has 2 aliphatic rings. The molecule has 2 unspecified atom stereocenters. The molecule has 0 saturated heterocycles. The van der Waals surface area contributed by atoms with E-state index in [0.717, 1.165) is 22.9 Å². The summed E-state index contributed by atoms with van der Waals surface area (Å²) in [6, 6.07) is 1.31. The van der Waals surface area contributed by atoms with Crippen LogP contribution in [0, 0.1) is 5.92 Å². The van der Waals surface area contributed by atoms with Crippen LogP contribution in [0.15, 0.2) is 5.16 Å². The van der Waals surface area contributed by atoms with Gasteiger partial charge < -0.3 is 5.32 Å². The van der Waals surface area contributed by atoms with Crippen LogP contribution in [0.2, 0.25) is 0 Å². The number of nitrogens with one attached hydrogen (secondary N) is 1. The molecule has 0 bridgehead atoms. The third-order valence-corrected chi connectivity index (χ3v) is 5.07. The molecule has 1 heterocycles. The minimum absolute atomic E-state index is 0.582. The van der Waals surface area contributed by atoms with Gasteiger partial charge in [-0.1, -0.05) is 18.2 Å². The van der Waals surface area contributed by atoms with Crippen LogP contribution >= 0.6 is 11.8 Å². The van der Waals surface area contributed by atoms with Crippen molar-refractivity contribution in [2.75, 3.05) is 12.8 Å². The van der Waals surface area contributed by atoms with Crippen molar-refractivity contribution >= 4 is 11.8 Å². The first-order valence-corrected chi connectivity index (χ1v) is 7.95. The van der Waals surface area contributed by atoms with Crippen LogP contribution in [0.25, 0.3) is 0 Å². The Morgan fingerprint density at radius 1 is 1.33 bits per heavy atom. The highest BCUT2D eigenvalue weighted by Gasteiger charge is 2.29. The molecule has 18 heavy (non-hydrogen) atoms. The fourth-order valence-electron chi connectivity index (χ4n) is 2.89. The average Bonchev–Trinajstić information content (AvgIpc) is 2.96. The van der Waals surface area contributed by atoms with Crippen molar-refractivity contribution in [3.63, 3.8) is 0 Å². The second kappa shape index (κ2) is 5.57. The zero-order valence-electron chi connectivity index (χ0n) is 10.9. The number of rotatable bonds is 6. The SMILES string of the molecule is CNC1CCCC1CCSc1nnnn1C1CC1. The van der Waals surface area contributed by atoms with Crippen molar-refractivity contribution in [1.29, 1.82) is 0 Å². The lowest BCUT2D eigenvalue weighted by atomic mass is 10.0. The maximum atomic E-state index is 4.13. The van der Waals surface area contributed by atoms with E-state index in [-0.39, 0.29) is 0 Å². The Morgan fingerprint density at radius 2 is 2.22 bits per heavy atom. The van der Waals surface area contributed by atoms with Gasteiger partial charge in [0.15, 0.2) is 0 Å². The Morgan fingerprint density at radius 3 is 3.00 bits per heavy atom. The van der Waals surface area contributed by atoms with Crippen molar-refractivity contribution in [1.82, 2.24) is 25.5 Å². The average molecular weight is 267 g/mol. The number of hydrogen-bond donors (Lipinski definition) is 1. The van der Waals surface area contributed by atoms with Crippen molar-refractivity contribution in [3.8, 4) is 0 Å². The van der Waals surface area contributed by atoms with E-state index in [9.17, 15) is 0 Å². The molecule has 0 spiro atoms. The Labute approximate surface area is 112 Å².